The number of aromatic nitrogens is 5. The molecule has 0 aliphatic carbocycles. The van der Waals surface area contributed by atoms with Crippen molar-refractivity contribution in [1.29, 1.82) is 0 Å². The highest BCUT2D eigenvalue weighted by molar-refractivity contribution is 7.90. The van der Waals surface area contributed by atoms with Gasteiger partial charge >= 0.3 is 0 Å². The number of nitrogens with one attached hydrogen (secondary N) is 1. The van der Waals surface area contributed by atoms with Gasteiger partial charge in [0.25, 0.3) is 0 Å². The van der Waals surface area contributed by atoms with Gasteiger partial charge in [-0.15, -0.1) is 0 Å². The Kier molecular flexibility index (Phi) is 6.47. The standard InChI is InChI=1S/C26H34FN7O2S/c1-15(2)21-22-20(31-24(21)19-13-34-25(29-14-30-34)18(5)17(19)4)11-28-26(23(22)27)33-8-7-32(12-16(33)3)9-10-37(6,35)36/h11,13-16,31H,7-10,12H2,1-6H3. The number of piperazine rings is 1. The molecule has 0 amide bonds. The number of nitrogens with zero attached hydrogens (tertiary/aromatic N) is 6. The van der Waals surface area contributed by atoms with Gasteiger partial charge in [-0.25, -0.2) is 27.3 Å². The molecule has 5 rings (SSSR count). The van der Waals surface area contributed by atoms with E-state index in [0.717, 1.165) is 33.6 Å². The lowest BCUT2D eigenvalue weighted by atomic mass is 9.94. The van der Waals surface area contributed by atoms with Crippen molar-refractivity contribution >= 4 is 32.2 Å². The zero-order valence-corrected chi connectivity index (χ0v) is 23.0. The van der Waals surface area contributed by atoms with E-state index in [4.69, 9.17) is 0 Å². The van der Waals surface area contributed by atoms with Crippen LogP contribution in [0.1, 0.15) is 43.4 Å². The van der Waals surface area contributed by atoms with Crippen LogP contribution in [0.4, 0.5) is 10.2 Å². The Balaban J connectivity index is 1.56. The van der Waals surface area contributed by atoms with Crippen molar-refractivity contribution in [2.45, 2.75) is 46.6 Å². The van der Waals surface area contributed by atoms with Crippen LogP contribution in [0.15, 0.2) is 18.7 Å². The summed E-state index contributed by atoms with van der Waals surface area (Å²) in [5.41, 5.74) is 6.33. The summed E-state index contributed by atoms with van der Waals surface area (Å²) in [7, 11) is -3.03. The van der Waals surface area contributed by atoms with Crippen LogP contribution in [0, 0.1) is 19.7 Å². The highest BCUT2D eigenvalue weighted by Crippen LogP contribution is 2.40. The SMILES string of the molecule is Cc1c(-c2[nH]c3cnc(N4CCN(CCS(C)(=O)=O)CC4C)c(F)c3c2C(C)C)cn2ncnc2c1C. The molecule has 1 aliphatic heterocycles. The second kappa shape index (κ2) is 9.36. The van der Waals surface area contributed by atoms with Gasteiger partial charge < -0.3 is 9.88 Å². The van der Waals surface area contributed by atoms with Gasteiger partial charge in [0.2, 0.25) is 0 Å². The number of H-pyrrole nitrogens is 1. The van der Waals surface area contributed by atoms with Crippen LogP contribution in [0.2, 0.25) is 0 Å². The first-order chi connectivity index (χ1) is 17.5. The van der Waals surface area contributed by atoms with Crippen molar-refractivity contribution in [3.63, 3.8) is 0 Å². The number of aryl methyl sites for hydroxylation is 1. The lowest BCUT2D eigenvalue weighted by Crippen LogP contribution is -2.53. The molecule has 1 unspecified atom stereocenters. The minimum atomic E-state index is -3.03. The predicted molar refractivity (Wildman–Crippen MR) is 145 cm³/mol. The maximum Gasteiger partial charge on any atom is 0.175 e. The van der Waals surface area contributed by atoms with E-state index in [1.807, 2.05) is 24.9 Å². The zero-order chi connectivity index (χ0) is 26.6. The highest BCUT2D eigenvalue weighted by Gasteiger charge is 2.30. The Morgan fingerprint density at radius 1 is 1.19 bits per heavy atom. The summed E-state index contributed by atoms with van der Waals surface area (Å²) >= 11 is 0. The molecule has 198 valence electrons. The Labute approximate surface area is 216 Å². The van der Waals surface area contributed by atoms with Crippen LogP contribution in [0.25, 0.3) is 27.8 Å². The third kappa shape index (κ3) is 4.59. The first-order valence-corrected chi connectivity index (χ1v) is 14.7. The number of fused-ring (bicyclic) bond motifs is 2. The van der Waals surface area contributed by atoms with Crippen molar-refractivity contribution in [3.8, 4) is 11.3 Å². The van der Waals surface area contributed by atoms with Gasteiger partial charge in [-0.05, 0) is 43.4 Å². The predicted octanol–water partition coefficient (Wildman–Crippen LogP) is 3.71. The highest BCUT2D eigenvalue weighted by atomic mass is 32.2. The van der Waals surface area contributed by atoms with Crippen molar-refractivity contribution in [1.82, 2.24) is 29.5 Å². The van der Waals surface area contributed by atoms with Gasteiger partial charge in [0.05, 0.1) is 23.2 Å². The summed E-state index contributed by atoms with van der Waals surface area (Å²) in [6.45, 7) is 12.6. The largest absolute Gasteiger partial charge is 0.353 e. The fourth-order valence-corrected chi connectivity index (χ4v) is 6.04. The average molecular weight is 528 g/mol. The maximum atomic E-state index is 16.3. The van der Waals surface area contributed by atoms with E-state index in [1.165, 1.54) is 12.6 Å². The Hall–Kier alpha value is -3.05. The molecular formula is C26H34FN7O2S. The minimum absolute atomic E-state index is 0.00621. The van der Waals surface area contributed by atoms with E-state index in [-0.39, 0.29) is 23.5 Å². The quantitative estimate of drug-likeness (QED) is 0.408. The summed E-state index contributed by atoms with van der Waals surface area (Å²) in [5, 5.41) is 4.90. The Morgan fingerprint density at radius 3 is 2.62 bits per heavy atom. The molecule has 1 fully saturated rings. The molecule has 0 spiro atoms. The van der Waals surface area contributed by atoms with Gasteiger partial charge in [0.15, 0.2) is 17.3 Å². The van der Waals surface area contributed by atoms with E-state index in [1.54, 1.807) is 10.7 Å². The second-order valence-electron chi connectivity index (χ2n) is 10.5. The van der Waals surface area contributed by atoms with E-state index in [2.05, 4.69) is 45.7 Å². The number of aromatic amines is 1. The van der Waals surface area contributed by atoms with E-state index >= 15 is 4.39 Å². The van der Waals surface area contributed by atoms with E-state index in [9.17, 15) is 8.42 Å². The molecule has 1 atom stereocenters. The van der Waals surface area contributed by atoms with Crippen molar-refractivity contribution in [2.75, 3.05) is 43.1 Å². The van der Waals surface area contributed by atoms with Crippen LogP contribution < -0.4 is 4.90 Å². The molecule has 1 saturated heterocycles. The molecule has 9 nitrogen and oxygen atoms in total. The van der Waals surface area contributed by atoms with Gasteiger partial charge in [-0.2, -0.15) is 5.10 Å². The smallest absolute Gasteiger partial charge is 0.175 e. The average Bonchev–Trinajstić information content (AvgIpc) is 3.45. The van der Waals surface area contributed by atoms with Gasteiger partial charge in [0.1, 0.15) is 16.2 Å². The lowest BCUT2D eigenvalue weighted by molar-refractivity contribution is 0.239. The maximum absolute atomic E-state index is 16.3. The summed E-state index contributed by atoms with van der Waals surface area (Å²) in [5.74, 6) is 0.206. The Morgan fingerprint density at radius 2 is 1.95 bits per heavy atom. The molecule has 0 radical (unpaired) electrons. The summed E-state index contributed by atoms with van der Waals surface area (Å²) < 4.78 is 41.2. The number of pyridine rings is 2. The number of rotatable bonds is 6. The molecule has 1 N–H and O–H groups in total. The minimum Gasteiger partial charge on any atom is -0.353 e. The monoisotopic (exact) mass is 527 g/mol. The molecule has 0 bridgehead atoms. The van der Waals surface area contributed by atoms with Gasteiger partial charge in [-0.1, -0.05) is 13.8 Å². The van der Waals surface area contributed by atoms with Crippen LogP contribution in [-0.4, -0.2) is 82.1 Å². The number of halogens is 1. The van der Waals surface area contributed by atoms with Crippen LogP contribution in [0.3, 0.4) is 0 Å². The summed E-state index contributed by atoms with van der Waals surface area (Å²) in [4.78, 5) is 16.5. The van der Waals surface area contributed by atoms with Gasteiger partial charge in [0, 0.05) is 55.6 Å². The first kappa shape index (κ1) is 25.6. The number of hydrogen-bond acceptors (Lipinski definition) is 7. The van der Waals surface area contributed by atoms with E-state index in [0.29, 0.717) is 42.9 Å². The second-order valence-corrected chi connectivity index (χ2v) is 12.8. The normalized spacial score (nSPS) is 17.5. The van der Waals surface area contributed by atoms with Gasteiger partial charge in [-0.3, -0.25) is 4.90 Å². The molecule has 11 heteroatoms. The van der Waals surface area contributed by atoms with Crippen LogP contribution in [0.5, 0.6) is 0 Å². The number of sulfone groups is 1. The fraction of sp³-hybridized carbons (Fsp3) is 0.500. The van der Waals surface area contributed by atoms with Crippen LogP contribution >= 0.6 is 0 Å². The molecular weight excluding hydrogens is 493 g/mol. The third-order valence-electron chi connectivity index (χ3n) is 7.53. The number of anilines is 1. The molecule has 0 aromatic carbocycles. The summed E-state index contributed by atoms with van der Waals surface area (Å²) in [6, 6.07) is -0.00621. The topological polar surface area (TPSA) is 99.5 Å². The molecule has 5 heterocycles. The van der Waals surface area contributed by atoms with E-state index < -0.39 is 9.84 Å². The van der Waals surface area contributed by atoms with Crippen molar-refractivity contribution < 1.29 is 12.8 Å². The molecule has 1 aliphatic rings. The number of hydrogen-bond donors (Lipinski definition) is 1. The van der Waals surface area contributed by atoms with Crippen molar-refractivity contribution in [2.24, 2.45) is 0 Å². The third-order valence-corrected chi connectivity index (χ3v) is 8.46. The Bertz CT molecular complexity index is 1590. The van der Waals surface area contributed by atoms with Crippen LogP contribution in [-0.2, 0) is 9.84 Å². The molecule has 4 aromatic heterocycles. The zero-order valence-electron chi connectivity index (χ0n) is 22.2. The first-order valence-electron chi connectivity index (χ1n) is 12.6. The molecule has 37 heavy (non-hydrogen) atoms. The van der Waals surface area contributed by atoms with Crippen molar-refractivity contribution in [3.05, 3.63) is 41.2 Å². The summed E-state index contributed by atoms with van der Waals surface area (Å²) in [6.07, 6.45) is 6.47. The molecule has 4 aromatic rings. The molecule has 0 saturated carbocycles. The fourth-order valence-electron chi connectivity index (χ4n) is 5.45. The lowest BCUT2D eigenvalue weighted by Gasteiger charge is -2.40.